The number of nitrogens with zero attached hydrogens (tertiary/aromatic N) is 2. The SMILES string of the molecule is CCN(CC(C)C)c1ccncc1CNC(C)(C)C. The molecule has 3 heteroatoms. The molecule has 0 fully saturated rings. The fourth-order valence-electron chi connectivity index (χ4n) is 2.06. The summed E-state index contributed by atoms with van der Waals surface area (Å²) in [5.41, 5.74) is 2.71. The molecule has 0 atom stereocenters. The lowest BCUT2D eigenvalue weighted by atomic mass is 10.1. The van der Waals surface area contributed by atoms with Gasteiger partial charge in [-0.3, -0.25) is 4.98 Å². The molecule has 1 N–H and O–H groups in total. The summed E-state index contributed by atoms with van der Waals surface area (Å²) in [5.74, 6) is 0.663. The number of aromatic nitrogens is 1. The zero-order valence-electron chi connectivity index (χ0n) is 13.3. The van der Waals surface area contributed by atoms with Gasteiger partial charge in [0.2, 0.25) is 0 Å². The molecule has 0 bridgehead atoms. The molecule has 0 saturated heterocycles. The summed E-state index contributed by atoms with van der Waals surface area (Å²) in [4.78, 5) is 6.71. The summed E-state index contributed by atoms with van der Waals surface area (Å²) in [6.45, 7) is 16.3. The lowest BCUT2D eigenvalue weighted by Gasteiger charge is -2.28. The second kappa shape index (κ2) is 6.90. The van der Waals surface area contributed by atoms with E-state index >= 15 is 0 Å². The highest BCUT2D eigenvalue weighted by atomic mass is 15.1. The normalized spacial score (nSPS) is 11.9. The number of anilines is 1. The third kappa shape index (κ3) is 5.60. The van der Waals surface area contributed by atoms with Crippen LogP contribution in [-0.2, 0) is 6.54 Å². The van der Waals surface area contributed by atoms with Gasteiger partial charge in [-0.05, 0) is 39.7 Å². The van der Waals surface area contributed by atoms with Crippen molar-refractivity contribution in [3.05, 3.63) is 24.0 Å². The first-order valence-electron chi connectivity index (χ1n) is 7.26. The van der Waals surface area contributed by atoms with Gasteiger partial charge in [-0.2, -0.15) is 0 Å². The molecule has 0 aliphatic rings. The van der Waals surface area contributed by atoms with Crippen molar-refractivity contribution in [1.29, 1.82) is 0 Å². The molecule has 3 nitrogen and oxygen atoms in total. The van der Waals surface area contributed by atoms with Crippen molar-refractivity contribution in [1.82, 2.24) is 10.3 Å². The molecule has 1 aromatic heterocycles. The number of nitrogens with one attached hydrogen (secondary N) is 1. The van der Waals surface area contributed by atoms with E-state index in [2.05, 4.69) is 62.8 Å². The Morgan fingerprint density at radius 1 is 1.32 bits per heavy atom. The van der Waals surface area contributed by atoms with Gasteiger partial charge in [0, 0.05) is 48.8 Å². The van der Waals surface area contributed by atoms with Gasteiger partial charge in [0.25, 0.3) is 0 Å². The first kappa shape index (κ1) is 16.0. The Morgan fingerprint density at radius 2 is 2.00 bits per heavy atom. The minimum absolute atomic E-state index is 0.127. The molecule has 1 heterocycles. The van der Waals surface area contributed by atoms with Gasteiger partial charge < -0.3 is 10.2 Å². The second-order valence-corrected chi connectivity index (χ2v) is 6.54. The zero-order chi connectivity index (χ0) is 14.5. The first-order chi connectivity index (χ1) is 8.83. The minimum atomic E-state index is 0.127. The van der Waals surface area contributed by atoms with Crippen molar-refractivity contribution in [2.24, 2.45) is 5.92 Å². The van der Waals surface area contributed by atoms with Gasteiger partial charge >= 0.3 is 0 Å². The third-order valence-corrected chi connectivity index (χ3v) is 2.99. The lowest BCUT2D eigenvalue weighted by molar-refractivity contribution is 0.424. The van der Waals surface area contributed by atoms with Gasteiger partial charge in [0.1, 0.15) is 0 Å². The highest BCUT2D eigenvalue weighted by Crippen LogP contribution is 2.21. The molecule has 0 aliphatic heterocycles. The Hall–Kier alpha value is -1.09. The lowest BCUT2D eigenvalue weighted by Crippen LogP contribution is -2.36. The summed E-state index contributed by atoms with van der Waals surface area (Å²) in [6.07, 6.45) is 3.87. The van der Waals surface area contributed by atoms with E-state index in [0.29, 0.717) is 5.92 Å². The summed E-state index contributed by atoms with van der Waals surface area (Å²) < 4.78 is 0. The fraction of sp³-hybridized carbons (Fsp3) is 0.688. The molecule has 0 amide bonds. The van der Waals surface area contributed by atoms with Crippen molar-refractivity contribution >= 4 is 5.69 Å². The smallest absolute Gasteiger partial charge is 0.0442 e. The first-order valence-corrected chi connectivity index (χ1v) is 7.26. The molecule has 0 aromatic carbocycles. The van der Waals surface area contributed by atoms with Gasteiger partial charge in [-0.25, -0.2) is 0 Å². The van der Waals surface area contributed by atoms with E-state index in [-0.39, 0.29) is 5.54 Å². The van der Waals surface area contributed by atoms with E-state index in [9.17, 15) is 0 Å². The number of rotatable bonds is 6. The van der Waals surface area contributed by atoms with Gasteiger partial charge in [0.05, 0.1) is 0 Å². The summed E-state index contributed by atoms with van der Waals surface area (Å²) in [7, 11) is 0. The molecule has 108 valence electrons. The van der Waals surface area contributed by atoms with Crippen LogP contribution < -0.4 is 10.2 Å². The van der Waals surface area contributed by atoms with Crippen LogP contribution >= 0.6 is 0 Å². The van der Waals surface area contributed by atoms with E-state index < -0.39 is 0 Å². The van der Waals surface area contributed by atoms with Crippen molar-refractivity contribution < 1.29 is 0 Å². The fourth-order valence-corrected chi connectivity index (χ4v) is 2.06. The predicted octanol–water partition coefficient (Wildman–Crippen LogP) is 3.45. The second-order valence-electron chi connectivity index (χ2n) is 6.54. The maximum absolute atomic E-state index is 4.28. The number of pyridine rings is 1. The Morgan fingerprint density at radius 3 is 2.53 bits per heavy atom. The molecule has 0 spiro atoms. The Labute approximate surface area is 118 Å². The Balaban J connectivity index is 2.87. The van der Waals surface area contributed by atoms with E-state index in [1.807, 2.05) is 12.4 Å². The highest BCUT2D eigenvalue weighted by molar-refractivity contribution is 5.52. The monoisotopic (exact) mass is 263 g/mol. The van der Waals surface area contributed by atoms with Crippen LogP contribution in [0, 0.1) is 5.92 Å². The number of hydrogen-bond acceptors (Lipinski definition) is 3. The van der Waals surface area contributed by atoms with E-state index in [1.165, 1.54) is 11.3 Å². The summed E-state index contributed by atoms with van der Waals surface area (Å²) in [6, 6.07) is 2.13. The van der Waals surface area contributed by atoms with Crippen molar-refractivity contribution in [3.8, 4) is 0 Å². The van der Waals surface area contributed by atoms with Gasteiger partial charge in [-0.1, -0.05) is 13.8 Å². The largest absolute Gasteiger partial charge is 0.371 e. The number of hydrogen-bond donors (Lipinski definition) is 1. The standard InChI is InChI=1S/C16H29N3/c1-7-19(12-13(2)3)15-8-9-17-10-14(15)11-18-16(4,5)6/h8-10,13,18H,7,11-12H2,1-6H3. The van der Waals surface area contributed by atoms with Crippen LogP contribution in [0.25, 0.3) is 0 Å². The molecule has 0 unspecified atom stereocenters. The topological polar surface area (TPSA) is 28.2 Å². The maximum Gasteiger partial charge on any atom is 0.0442 e. The third-order valence-electron chi connectivity index (χ3n) is 2.99. The highest BCUT2D eigenvalue weighted by Gasteiger charge is 2.14. The molecule has 1 aromatic rings. The molecular weight excluding hydrogens is 234 g/mol. The van der Waals surface area contributed by atoms with Crippen LogP contribution in [0.1, 0.15) is 47.1 Å². The average Bonchev–Trinajstić information content (AvgIpc) is 2.33. The van der Waals surface area contributed by atoms with Crippen LogP contribution in [0.4, 0.5) is 5.69 Å². The summed E-state index contributed by atoms with van der Waals surface area (Å²) in [5, 5.41) is 3.54. The quantitative estimate of drug-likeness (QED) is 0.852. The maximum atomic E-state index is 4.28. The molecule has 1 rings (SSSR count). The average molecular weight is 263 g/mol. The zero-order valence-corrected chi connectivity index (χ0v) is 13.3. The van der Waals surface area contributed by atoms with Gasteiger partial charge in [0.15, 0.2) is 0 Å². The Kier molecular flexibility index (Phi) is 5.80. The van der Waals surface area contributed by atoms with Crippen molar-refractivity contribution in [2.45, 2.75) is 53.6 Å². The van der Waals surface area contributed by atoms with Gasteiger partial charge in [-0.15, -0.1) is 0 Å². The Bertz CT molecular complexity index is 380. The van der Waals surface area contributed by atoms with Crippen LogP contribution in [0.5, 0.6) is 0 Å². The van der Waals surface area contributed by atoms with E-state index in [4.69, 9.17) is 0 Å². The van der Waals surface area contributed by atoms with Crippen molar-refractivity contribution in [3.63, 3.8) is 0 Å². The molecule has 0 aliphatic carbocycles. The van der Waals surface area contributed by atoms with Crippen LogP contribution in [0.2, 0.25) is 0 Å². The molecular formula is C16H29N3. The van der Waals surface area contributed by atoms with Crippen molar-refractivity contribution in [2.75, 3.05) is 18.0 Å². The minimum Gasteiger partial charge on any atom is -0.371 e. The van der Waals surface area contributed by atoms with Crippen LogP contribution in [0.15, 0.2) is 18.5 Å². The molecule has 0 radical (unpaired) electrons. The predicted molar refractivity (Wildman–Crippen MR) is 83.6 cm³/mol. The molecule has 19 heavy (non-hydrogen) atoms. The molecule has 0 saturated carbocycles. The van der Waals surface area contributed by atoms with E-state index in [1.54, 1.807) is 0 Å². The van der Waals surface area contributed by atoms with Crippen LogP contribution in [-0.4, -0.2) is 23.6 Å². The van der Waals surface area contributed by atoms with E-state index in [0.717, 1.165) is 19.6 Å². The summed E-state index contributed by atoms with van der Waals surface area (Å²) >= 11 is 0. The van der Waals surface area contributed by atoms with Crippen LogP contribution in [0.3, 0.4) is 0 Å².